The third-order valence-electron chi connectivity index (χ3n) is 5.69. The third kappa shape index (κ3) is 4.25. The van der Waals surface area contributed by atoms with Crippen LogP contribution in [0.25, 0.3) is 5.78 Å². The van der Waals surface area contributed by atoms with Gasteiger partial charge >= 0.3 is 0 Å². The van der Waals surface area contributed by atoms with E-state index in [1.165, 1.54) is 16.9 Å². The number of halogens is 2. The summed E-state index contributed by atoms with van der Waals surface area (Å²) < 4.78 is 33.5. The fourth-order valence-electron chi connectivity index (χ4n) is 4.13. The number of aromatic nitrogens is 5. The lowest BCUT2D eigenvalue weighted by Gasteiger charge is -2.37. The molecule has 0 bridgehead atoms. The number of carbonyl (C=O) groups excluding carboxylic acids is 1. The SMILES string of the molecule is COCc1cc(C(=O)N2CC[C@@H](C)[C@H](c3cc(C(F)F)nc4ncnn34)C2)cc(C)n1. The van der Waals surface area contributed by atoms with Gasteiger partial charge in [0.25, 0.3) is 18.1 Å². The number of nitrogens with zero attached hydrogens (tertiary/aromatic N) is 6. The topological polar surface area (TPSA) is 85.5 Å². The van der Waals surface area contributed by atoms with Gasteiger partial charge in [-0.1, -0.05) is 6.92 Å². The van der Waals surface area contributed by atoms with Gasteiger partial charge < -0.3 is 9.64 Å². The van der Waals surface area contributed by atoms with Crippen molar-refractivity contribution in [1.29, 1.82) is 0 Å². The molecular formula is C21H24F2N6O2. The number of likely N-dealkylation sites (tertiary alicyclic amines) is 1. The Bertz CT molecular complexity index is 1100. The fourth-order valence-corrected chi connectivity index (χ4v) is 4.13. The fraction of sp³-hybridized carbons (Fsp3) is 0.476. The first-order chi connectivity index (χ1) is 14.9. The standard InChI is InChI=1S/C21H24F2N6O2/c1-12-4-5-28(20(30)14-6-13(2)26-15(7-14)10-31-3)9-16(12)18-8-17(19(22)23)27-21-24-11-25-29(18)21/h6-8,11-12,16,19H,4-5,9-10H2,1-3H3/t12-,16-/m1/s1. The molecule has 4 heterocycles. The smallest absolute Gasteiger partial charge is 0.280 e. The summed E-state index contributed by atoms with van der Waals surface area (Å²) in [6.45, 7) is 5.19. The van der Waals surface area contributed by atoms with Crippen LogP contribution in [0.1, 0.15) is 58.8 Å². The number of fused-ring (bicyclic) bond motifs is 1. The molecule has 0 N–H and O–H groups in total. The monoisotopic (exact) mass is 430 g/mol. The van der Waals surface area contributed by atoms with Gasteiger partial charge in [-0.3, -0.25) is 9.78 Å². The normalized spacial score (nSPS) is 19.4. The van der Waals surface area contributed by atoms with E-state index in [0.29, 0.717) is 36.6 Å². The van der Waals surface area contributed by atoms with E-state index < -0.39 is 6.43 Å². The van der Waals surface area contributed by atoms with Crippen molar-refractivity contribution < 1.29 is 18.3 Å². The summed E-state index contributed by atoms with van der Waals surface area (Å²) in [6, 6.07) is 4.88. The highest BCUT2D eigenvalue weighted by atomic mass is 19.3. The highest BCUT2D eigenvalue weighted by Gasteiger charge is 2.33. The Morgan fingerprint density at radius 1 is 1.29 bits per heavy atom. The lowest BCUT2D eigenvalue weighted by atomic mass is 9.84. The van der Waals surface area contributed by atoms with Crippen LogP contribution in [0.5, 0.6) is 0 Å². The number of ether oxygens (including phenoxy) is 1. The molecule has 0 saturated carbocycles. The number of carbonyl (C=O) groups is 1. The molecule has 164 valence electrons. The molecule has 0 radical (unpaired) electrons. The molecule has 0 aliphatic carbocycles. The van der Waals surface area contributed by atoms with Crippen molar-refractivity contribution >= 4 is 11.7 Å². The largest absolute Gasteiger partial charge is 0.378 e. The summed E-state index contributed by atoms with van der Waals surface area (Å²) in [7, 11) is 1.58. The second-order valence-electron chi connectivity index (χ2n) is 7.92. The van der Waals surface area contributed by atoms with Gasteiger partial charge in [0.05, 0.1) is 18.0 Å². The minimum atomic E-state index is -2.71. The van der Waals surface area contributed by atoms with Gasteiger partial charge in [0.15, 0.2) is 0 Å². The van der Waals surface area contributed by atoms with E-state index in [1.807, 2.05) is 6.92 Å². The molecule has 2 atom stereocenters. The van der Waals surface area contributed by atoms with E-state index in [-0.39, 0.29) is 29.2 Å². The van der Waals surface area contributed by atoms with Gasteiger partial charge in [-0.2, -0.15) is 10.1 Å². The van der Waals surface area contributed by atoms with E-state index >= 15 is 0 Å². The third-order valence-corrected chi connectivity index (χ3v) is 5.69. The van der Waals surface area contributed by atoms with Crippen molar-refractivity contribution in [2.45, 2.75) is 39.2 Å². The maximum Gasteiger partial charge on any atom is 0.280 e. The van der Waals surface area contributed by atoms with Crippen LogP contribution in [0.2, 0.25) is 0 Å². The molecule has 1 saturated heterocycles. The van der Waals surface area contributed by atoms with Crippen molar-refractivity contribution in [1.82, 2.24) is 29.5 Å². The number of piperidine rings is 1. The Hall–Kier alpha value is -3.01. The molecule has 1 aliphatic rings. The lowest BCUT2D eigenvalue weighted by molar-refractivity contribution is 0.0664. The second kappa shape index (κ2) is 8.62. The van der Waals surface area contributed by atoms with Crippen LogP contribution in [0.4, 0.5) is 8.78 Å². The number of rotatable bonds is 5. The average Bonchev–Trinajstić information content (AvgIpc) is 3.21. The first-order valence-corrected chi connectivity index (χ1v) is 10.1. The zero-order chi connectivity index (χ0) is 22.1. The average molecular weight is 430 g/mol. The number of alkyl halides is 2. The molecule has 1 fully saturated rings. The van der Waals surface area contributed by atoms with Crippen LogP contribution >= 0.6 is 0 Å². The summed E-state index contributed by atoms with van der Waals surface area (Å²) in [4.78, 5) is 27.3. The van der Waals surface area contributed by atoms with Gasteiger partial charge in [0, 0.05) is 37.4 Å². The van der Waals surface area contributed by atoms with Crippen LogP contribution < -0.4 is 0 Å². The van der Waals surface area contributed by atoms with Crippen molar-refractivity contribution in [2.75, 3.05) is 20.2 Å². The predicted molar refractivity (Wildman–Crippen MR) is 108 cm³/mol. The molecule has 1 amide bonds. The molecule has 0 spiro atoms. The van der Waals surface area contributed by atoms with E-state index in [9.17, 15) is 13.6 Å². The number of methoxy groups -OCH3 is 1. The summed E-state index contributed by atoms with van der Waals surface area (Å²) in [5.41, 5.74) is 2.23. The van der Waals surface area contributed by atoms with Crippen molar-refractivity contribution in [3.8, 4) is 0 Å². The quantitative estimate of drug-likeness (QED) is 0.618. The lowest BCUT2D eigenvalue weighted by Crippen LogP contribution is -2.42. The number of aryl methyl sites for hydroxylation is 1. The van der Waals surface area contributed by atoms with Gasteiger partial charge in [0.1, 0.15) is 12.0 Å². The first kappa shape index (κ1) is 21.2. The van der Waals surface area contributed by atoms with Gasteiger partial charge in [-0.25, -0.2) is 18.3 Å². The van der Waals surface area contributed by atoms with Crippen molar-refractivity contribution in [2.24, 2.45) is 5.92 Å². The summed E-state index contributed by atoms with van der Waals surface area (Å²) >= 11 is 0. The van der Waals surface area contributed by atoms with E-state index in [0.717, 1.165) is 12.1 Å². The molecule has 8 nitrogen and oxygen atoms in total. The zero-order valence-electron chi connectivity index (χ0n) is 17.6. The molecule has 0 unspecified atom stereocenters. The highest BCUT2D eigenvalue weighted by molar-refractivity contribution is 5.94. The number of hydrogen-bond acceptors (Lipinski definition) is 6. The van der Waals surface area contributed by atoms with E-state index in [2.05, 4.69) is 27.0 Å². The van der Waals surface area contributed by atoms with Gasteiger partial charge in [0.2, 0.25) is 0 Å². The first-order valence-electron chi connectivity index (χ1n) is 10.1. The Balaban J connectivity index is 1.66. The Morgan fingerprint density at radius 3 is 2.84 bits per heavy atom. The minimum Gasteiger partial charge on any atom is -0.378 e. The molecule has 1 aliphatic heterocycles. The summed E-state index contributed by atoms with van der Waals surface area (Å²) in [5, 5.41) is 4.17. The van der Waals surface area contributed by atoms with Crippen LogP contribution in [0.3, 0.4) is 0 Å². The van der Waals surface area contributed by atoms with Crippen molar-refractivity contribution in [3.63, 3.8) is 0 Å². The zero-order valence-corrected chi connectivity index (χ0v) is 17.6. The number of hydrogen-bond donors (Lipinski definition) is 0. The Morgan fingerprint density at radius 2 is 2.10 bits per heavy atom. The molecule has 3 aromatic rings. The van der Waals surface area contributed by atoms with Crippen LogP contribution in [0.15, 0.2) is 24.5 Å². The minimum absolute atomic E-state index is 0.113. The van der Waals surface area contributed by atoms with Crippen LogP contribution in [-0.2, 0) is 11.3 Å². The molecular weight excluding hydrogens is 406 g/mol. The van der Waals surface area contributed by atoms with E-state index in [1.54, 1.807) is 24.1 Å². The summed E-state index contributed by atoms with van der Waals surface area (Å²) in [6.07, 6.45) is -0.668. The number of amides is 1. The maximum atomic E-state index is 13.4. The summed E-state index contributed by atoms with van der Waals surface area (Å²) in [5.74, 6) is 0.0199. The molecule has 4 rings (SSSR count). The Labute approximate surface area is 178 Å². The molecule has 3 aromatic heterocycles. The van der Waals surface area contributed by atoms with Gasteiger partial charge in [-0.05, 0) is 37.5 Å². The second-order valence-corrected chi connectivity index (χ2v) is 7.92. The molecule has 31 heavy (non-hydrogen) atoms. The van der Waals surface area contributed by atoms with Crippen molar-refractivity contribution in [3.05, 3.63) is 52.9 Å². The highest BCUT2D eigenvalue weighted by Crippen LogP contribution is 2.34. The Kier molecular flexibility index (Phi) is 5.90. The van der Waals surface area contributed by atoms with Crippen LogP contribution in [0, 0.1) is 12.8 Å². The molecule has 0 aromatic carbocycles. The predicted octanol–water partition coefficient (Wildman–Crippen LogP) is 3.18. The van der Waals surface area contributed by atoms with Gasteiger partial charge in [-0.15, -0.1) is 0 Å². The number of pyridine rings is 1. The van der Waals surface area contributed by atoms with Crippen LogP contribution in [-0.4, -0.2) is 55.6 Å². The van der Waals surface area contributed by atoms with E-state index in [4.69, 9.17) is 4.74 Å². The maximum absolute atomic E-state index is 13.4. The molecule has 10 heteroatoms.